The topological polar surface area (TPSA) is 99.4 Å². The fraction of sp³-hybridized carbons (Fsp3) is 1.00. The van der Waals surface area contributed by atoms with E-state index in [0.717, 1.165) is 0 Å². The van der Waals surface area contributed by atoms with Crippen molar-refractivity contribution in [3.05, 3.63) is 0 Å². The predicted molar refractivity (Wildman–Crippen MR) is 72.0 cm³/mol. The van der Waals surface area contributed by atoms with Gasteiger partial charge in [-0.15, -0.1) is 0 Å². The quantitative estimate of drug-likeness (QED) is 0.538. The van der Waals surface area contributed by atoms with Gasteiger partial charge in [0.05, 0.1) is 6.61 Å². The fourth-order valence-electron chi connectivity index (χ4n) is 1.58. The summed E-state index contributed by atoms with van der Waals surface area (Å²) in [4.78, 5) is 0. The third-order valence-electron chi connectivity index (χ3n) is 4.10. The van der Waals surface area contributed by atoms with Crippen molar-refractivity contribution in [1.82, 2.24) is 0 Å². The Balaban J connectivity index is 2.63. The van der Waals surface area contributed by atoms with Crippen LogP contribution < -0.4 is 0 Å². The van der Waals surface area contributed by atoms with Crippen LogP contribution in [0.5, 0.6) is 0 Å². The second-order valence-corrected chi connectivity index (χ2v) is 11.4. The number of rotatable bonds is 3. The molecule has 1 heterocycles. The van der Waals surface area contributed by atoms with Crippen molar-refractivity contribution in [2.24, 2.45) is 0 Å². The lowest BCUT2D eigenvalue weighted by Gasteiger charge is -2.41. The fourth-order valence-corrected chi connectivity index (χ4v) is 2.59. The van der Waals surface area contributed by atoms with E-state index in [4.69, 9.17) is 9.16 Å². The second-order valence-electron chi connectivity index (χ2n) is 6.61. The molecule has 1 aliphatic heterocycles. The van der Waals surface area contributed by atoms with Crippen LogP contribution in [0.15, 0.2) is 0 Å². The molecule has 1 saturated heterocycles. The van der Waals surface area contributed by atoms with Gasteiger partial charge in [-0.3, -0.25) is 0 Å². The van der Waals surface area contributed by atoms with Crippen LogP contribution in [0.3, 0.4) is 0 Å². The van der Waals surface area contributed by atoms with Crippen molar-refractivity contribution < 1.29 is 29.6 Å². The normalized spacial score (nSPS) is 37.4. The van der Waals surface area contributed by atoms with Gasteiger partial charge >= 0.3 is 0 Å². The Morgan fingerprint density at radius 1 is 1.00 bits per heavy atom. The second kappa shape index (κ2) is 5.77. The molecule has 0 aromatic rings. The average Bonchev–Trinajstić information content (AvgIpc) is 2.28. The lowest BCUT2D eigenvalue weighted by molar-refractivity contribution is -0.285. The van der Waals surface area contributed by atoms with Gasteiger partial charge in [0.2, 0.25) is 0 Å². The van der Waals surface area contributed by atoms with E-state index in [1.807, 2.05) is 0 Å². The number of ether oxygens (including phenoxy) is 1. The first kappa shape index (κ1) is 17.0. The monoisotopic (exact) mass is 294 g/mol. The van der Waals surface area contributed by atoms with Gasteiger partial charge in [0.1, 0.15) is 24.4 Å². The molecular weight excluding hydrogens is 268 g/mol. The summed E-state index contributed by atoms with van der Waals surface area (Å²) in [6.45, 7) is 10.5. The molecule has 5 atom stereocenters. The molecule has 7 heteroatoms. The van der Waals surface area contributed by atoms with Crippen molar-refractivity contribution in [3.63, 3.8) is 0 Å². The highest BCUT2D eigenvalue weighted by Crippen LogP contribution is 2.37. The molecule has 4 N–H and O–H groups in total. The summed E-state index contributed by atoms with van der Waals surface area (Å²) in [6, 6.07) is 0. The first-order valence-electron chi connectivity index (χ1n) is 6.49. The average molecular weight is 294 g/mol. The minimum absolute atomic E-state index is 0.0172. The summed E-state index contributed by atoms with van der Waals surface area (Å²) in [6.07, 6.45) is -6.56. The molecular formula is C12H26O6Si. The Hall–Kier alpha value is -0.0231. The smallest absolute Gasteiger partial charge is 0.192 e. The van der Waals surface area contributed by atoms with Gasteiger partial charge in [0.15, 0.2) is 14.6 Å². The number of hydrogen-bond donors (Lipinski definition) is 4. The molecule has 1 aliphatic rings. The Kier molecular flexibility index (Phi) is 5.17. The van der Waals surface area contributed by atoms with Gasteiger partial charge in [-0.1, -0.05) is 20.8 Å². The Morgan fingerprint density at radius 2 is 1.53 bits per heavy atom. The van der Waals surface area contributed by atoms with E-state index >= 15 is 0 Å². The molecule has 114 valence electrons. The maximum atomic E-state index is 9.81. The van der Waals surface area contributed by atoms with Crippen molar-refractivity contribution in [1.29, 1.82) is 0 Å². The first-order valence-corrected chi connectivity index (χ1v) is 9.40. The standard InChI is InChI=1S/C12H26O6Si/c1-12(2,3)19(4,5)17-6-7-8(13)9(14)10(15)11(16)18-7/h7-11,13-16H,6H2,1-5H3/t7?,8-,9+,10?,11-/m1/s1. The molecule has 2 unspecified atom stereocenters. The molecule has 0 bridgehead atoms. The first-order chi connectivity index (χ1) is 8.47. The molecule has 0 spiro atoms. The number of aliphatic hydroxyl groups excluding tert-OH is 4. The van der Waals surface area contributed by atoms with Gasteiger partial charge in [-0.2, -0.15) is 0 Å². The summed E-state index contributed by atoms with van der Waals surface area (Å²) in [7, 11) is -2.00. The molecule has 0 aliphatic carbocycles. The number of aliphatic hydroxyl groups is 4. The lowest BCUT2D eigenvalue weighted by atomic mass is 10.00. The van der Waals surface area contributed by atoms with Crippen LogP contribution >= 0.6 is 0 Å². The maximum absolute atomic E-state index is 9.81. The van der Waals surface area contributed by atoms with Crippen molar-refractivity contribution in [2.75, 3.05) is 6.61 Å². The molecule has 0 aromatic carbocycles. The van der Waals surface area contributed by atoms with E-state index in [9.17, 15) is 20.4 Å². The van der Waals surface area contributed by atoms with E-state index in [0.29, 0.717) is 0 Å². The van der Waals surface area contributed by atoms with Crippen LogP contribution in [-0.2, 0) is 9.16 Å². The lowest BCUT2D eigenvalue weighted by Crippen LogP contribution is -2.59. The molecule has 19 heavy (non-hydrogen) atoms. The van der Waals surface area contributed by atoms with E-state index in [1.54, 1.807) is 0 Å². The highest BCUT2D eigenvalue weighted by molar-refractivity contribution is 6.74. The molecule has 1 fully saturated rings. The zero-order valence-electron chi connectivity index (χ0n) is 12.2. The predicted octanol–water partition coefficient (Wildman–Crippen LogP) is -0.192. The van der Waals surface area contributed by atoms with Crippen LogP contribution in [-0.4, -0.2) is 66.1 Å². The van der Waals surface area contributed by atoms with Gasteiger partial charge in [0.25, 0.3) is 0 Å². The van der Waals surface area contributed by atoms with Crippen molar-refractivity contribution in [2.45, 2.75) is 69.6 Å². The highest BCUT2D eigenvalue weighted by atomic mass is 28.4. The van der Waals surface area contributed by atoms with E-state index in [2.05, 4.69) is 33.9 Å². The Morgan fingerprint density at radius 3 is 2.00 bits per heavy atom. The molecule has 1 rings (SSSR count). The van der Waals surface area contributed by atoms with Gasteiger partial charge in [0, 0.05) is 0 Å². The summed E-state index contributed by atoms with van der Waals surface area (Å²) in [5.74, 6) is 0. The van der Waals surface area contributed by atoms with Gasteiger partial charge < -0.3 is 29.6 Å². The third-order valence-corrected chi connectivity index (χ3v) is 8.60. The van der Waals surface area contributed by atoms with E-state index in [1.165, 1.54) is 0 Å². The van der Waals surface area contributed by atoms with Gasteiger partial charge in [-0.25, -0.2) is 0 Å². The molecule has 0 aromatic heterocycles. The van der Waals surface area contributed by atoms with Crippen molar-refractivity contribution in [3.8, 4) is 0 Å². The summed E-state index contributed by atoms with van der Waals surface area (Å²) >= 11 is 0. The maximum Gasteiger partial charge on any atom is 0.192 e. The van der Waals surface area contributed by atoms with E-state index < -0.39 is 39.0 Å². The Labute approximate surface area is 115 Å². The summed E-state index contributed by atoms with van der Waals surface area (Å²) < 4.78 is 11.0. The van der Waals surface area contributed by atoms with Crippen LogP contribution in [0, 0.1) is 0 Å². The zero-order chi connectivity index (χ0) is 15.0. The van der Waals surface area contributed by atoms with Crippen LogP contribution in [0.1, 0.15) is 20.8 Å². The minimum Gasteiger partial charge on any atom is -0.414 e. The van der Waals surface area contributed by atoms with Crippen LogP contribution in [0.2, 0.25) is 18.1 Å². The SMILES string of the molecule is CC(C)(C)[Si](C)(C)OCC1O[C@@H](O)C(O)[C@@H](O)[C@@H]1O. The molecule has 0 saturated carbocycles. The zero-order valence-corrected chi connectivity index (χ0v) is 13.2. The number of hydrogen-bond acceptors (Lipinski definition) is 6. The minimum atomic E-state index is -2.00. The van der Waals surface area contributed by atoms with Crippen LogP contribution in [0.4, 0.5) is 0 Å². The largest absolute Gasteiger partial charge is 0.414 e. The van der Waals surface area contributed by atoms with Crippen LogP contribution in [0.25, 0.3) is 0 Å². The third kappa shape index (κ3) is 3.75. The van der Waals surface area contributed by atoms with Gasteiger partial charge in [-0.05, 0) is 18.1 Å². The molecule has 0 radical (unpaired) electrons. The Bertz CT molecular complexity index is 303. The highest BCUT2D eigenvalue weighted by Gasteiger charge is 2.45. The summed E-state index contributed by atoms with van der Waals surface area (Å²) in [5.41, 5.74) is 0. The van der Waals surface area contributed by atoms with E-state index in [-0.39, 0.29) is 11.6 Å². The molecule has 6 nitrogen and oxygen atoms in total. The summed E-state index contributed by atoms with van der Waals surface area (Å²) in [5, 5.41) is 38.2. The van der Waals surface area contributed by atoms with Crippen molar-refractivity contribution >= 4 is 8.32 Å². The molecule has 0 amide bonds.